The number of ether oxygens (including phenoxy) is 1. The van der Waals surface area contributed by atoms with E-state index in [0.717, 1.165) is 18.9 Å². The van der Waals surface area contributed by atoms with E-state index in [0.29, 0.717) is 5.57 Å². The molecule has 0 radical (unpaired) electrons. The first-order valence-electron chi connectivity index (χ1n) is 6.63. The van der Waals surface area contributed by atoms with Crippen LogP contribution < -0.4 is 0 Å². The molecule has 98 valence electrons. The van der Waals surface area contributed by atoms with Gasteiger partial charge in [-0.1, -0.05) is 32.6 Å². The quantitative estimate of drug-likeness (QED) is 0.428. The molecule has 0 aromatic carbocycles. The number of hydrogen-bond acceptors (Lipinski definition) is 2. The predicted molar refractivity (Wildman–Crippen MR) is 74.9 cm³/mol. The zero-order valence-electron chi connectivity index (χ0n) is 11.8. The van der Waals surface area contributed by atoms with Crippen LogP contribution in [0.25, 0.3) is 0 Å². The molecule has 0 saturated heterocycles. The molecular formula is C14H26O2Si. The first-order chi connectivity index (χ1) is 7.74. The third-order valence-electron chi connectivity index (χ3n) is 3.27. The molecule has 3 heteroatoms. The predicted octanol–water partition coefficient (Wildman–Crippen LogP) is 4.15. The lowest BCUT2D eigenvalue weighted by Gasteiger charge is -2.40. The highest BCUT2D eigenvalue weighted by Gasteiger charge is 2.39. The number of esters is 1. The van der Waals surface area contributed by atoms with Crippen molar-refractivity contribution < 1.29 is 9.53 Å². The van der Waals surface area contributed by atoms with Crippen molar-refractivity contribution >= 4 is 14.0 Å². The summed E-state index contributed by atoms with van der Waals surface area (Å²) in [5.41, 5.74) is 0.337. The van der Waals surface area contributed by atoms with Gasteiger partial charge in [0.15, 0.2) is 0 Å². The van der Waals surface area contributed by atoms with Gasteiger partial charge in [-0.3, -0.25) is 0 Å². The molecule has 1 aliphatic carbocycles. The van der Waals surface area contributed by atoms with Crippen molar-refractivity contribution in [2.75, 3.05) is 0 Å². The summed E-state index contributed by atoms with van der Waals surface area (Å²) in [6.45, 7) is 12.5. The molecule has 0 unspecified atom stereocenters. The van der Waals surface area contributed by atoms with Crippen LogP contribution in [-0.2, 0) is 9.53 Å². The van der Waals surface area contributed by atoms with Crippen molar-refractivity contribution in [3.8, 4) is 0 Å². The van der Waals surface area contributed by atoms with Crippen LogP contribution in [0, 0.1) is 0 Å². The van der Waals surface area contributed by atoms with Crippen molar-refractivity contribution in [2.45, 2.75) is 70.3 Å². The Kier molecular flexibility index (Phi) is 4.59. The molecule has 0 amide bonds. The van der Waals surface area contributed by atoms with Gasteiger partial charge in [-0.2, -0.15) is 0 Å². The van der Waals surface area contributed by atoms with Crippen LogP contribution in [0.2, 0.25) is 25.7 Å². The summed E-state index contributed by atoms with van der Waals surface area (Å²) < 4.78 is 5.81. The lowest BCUT2D eigenvalue weighted by molar-refractivity contribution is -0.156. The minimum Gasteiger partial charge on any atom is -0.456 e. The average molecular weight is 254 g/mol. The molecule has 0 spiro atoms. The maximum atomic E-state index is 11.8. The van der Waals surface area contributed by atoms with E-state index in [1.54, 1.807) is 6.92 Å². The van der Waals surface area contributed by atoms with Crippen LogP contribution in [0.15, 0.2) is 12.2 Å². The van der Waals surface area contributed by atoms with E-state index in [-0.39, 0.29) is 11.6 Å². The molecule has 1 fully saturated rings. The standard InChI is InChI=1S/C14H26O2Si/c1-12(2)13(15)16-14(11-17(3,4)5)9-7-6-8-10-14/h1,6-11H2,2-5H3. The highest BCUT2D eigenvalue weighted by Crippen LogP contribution is 2.38. The summed E-state index contributed by atoms with van der Waals surface area (Å²) in [4.78, 5) is 11.8. The van der Waals surface area contributed by atoms with Gasteiger partial charge in [0.05, 0.1) is 0 Å². The van der Waals surface area contributed by atoms with Crippen LogP contribution in [0.3, 0.4) is 0 Å². The van der Waals surface area contributed by atoms with Gasteiger partial charge in [0, 0.05) is 13.6 Å². The van der Waals surface area contributed by atoms with Gasteiger partial charge in [-0.15, -0.1) is 0 Å². The smallest absolute Gasteiger partial charge is 0.333 e. The Balaban J connectivity index is 2.78. The molecule has 0 aliphatic heterocycles. The lowest BCUT2D eigenvalue weighted by atomic mass is 9.86. The second kappa shape index (κ2) is 5.38. The Labute approximate surface area is 106 Å². The molecular weight excluding hydrogens is 228 g/mol. The van der Waals surface area contributed by atoms with E-state index in [1.165, 1.54) is 19.3 Å². The van der Waals surface area contributed by atoms with Gasteiger partial charge in [-0.25, -0.2) is 4.79 Å². The molecule has 0 aromatic rings. The van der Waals surface area contributed by atoms with Crippen molar-refractivity contribution in [3.63, 3.8) is 0 Å². The fourth-order valence-corrected chi connectivity index (χ4v) is 5.12. The maximum absolute atomic E-state index is 11.8. The Bertz CT molecular complexity index is 296. The fourth-order valence-electron chi connectivity index (χ4n) is 2.76. The molecule has 1 aliphatic rings. The second-order valence-electron chi connectivity index (χ2n) is 6.65. The highest BCUT2D eigenvalue weighted by molar-refractivity contribution is 6.76. The molecule has 0 aromatic heterocycles. The van der Waals surface area contributed by atoms with Crippen molar-refractivity contribution in [1.29, 1.82) is 0 Å². The molecule has 17 heavy (non-hydrogen) atoms. The third kappa shape index (κ3) is 4.66. The normalized spacial score (nSPS) is 19.8. The van der Waals surface area contributed by atoms with Crippen molar-refractivity contribution in [2.24, 2.45) is 0 Å². The van der Waals surface area contributed by atoms with Crippen LogP contribution in [0.4, 0.5) is 0 Å². The van der Waals surface area contributed by atoms with Gasteiger partial charge >= 0.3 is 5.97 Å². The topological polar surface area (TPSA) is 26.3 Å². The largest absolute Gasteiger partial charge is 0.456 e. The van der Waals surface area contributed by atoms with E-state index in [1.807, 2.05) is 0 Å². The van der Waals surface area contributed by atoms with Crippen molar-refractivity contribution in [1.82, 2.24) is 0 Å². The van der Waals surface area contributed by atoms with Gasteiger partial charge in [0.25, 0.3) is 0 Å². The summed E-state index contributed by atoms with van der Waals surface area (Å²) in [7, 11) is -1.23. The average Bonchev–Trinajstić information content (AvgIpc) is 2.15. The molecule has 0 atom stereocenters. The first-order valence-corrected chi connectivity index (χ1v) is 10.3. The summed E-state index contributed by atoms with van der Waals surface area (Å²) >= 11 is 0. The van der Waals surface area contributed by atoms with Crippen LogP contribution >= 0.6 is 0 Å². The molecule has 1 saturated carbocycles. The zero-order chi connectivity index (χ0) is 13.1. The van der Waals surface area contributed by atoms with Crippen molar-refractivity contribution in [3.05, 3.63) is 12.2 Å². The number of carbonyl (C=O) groups excluding carboxylic acids is 1. The Morgan fingerprint density at radius 3 is 2.18 bits per heavy atom. The van der Waals surface area contributed by atoms with E-state index in [9.17, 15) is 4.79 Å². The minimum absolute atomic E-state index is 0.182. The number of carbonyl (C=O) groups is 1. The monoisotopic (exact) mass is 254 g/mol. The first kappa shape index (κ1) is 14.5. The van der Waals surface area contributed by atoms with Gasteiger partial charge in [0.2, 0.25) is 0 Å². The van der Waals surface area contributed by atoms with Gasteiger partial charge in [-0.05, 0) is 38.7 Å². The summed E-state index contributed by atoms with van der Waals surface area (Å²) in [5, 5.41) is 0. The van der Waals surface area contributed by atoms with E-state index >= 15 is 0 Å². The summed E-state index contributed by atoms with van der Waals surface area (Å²) in [6, 6.07) is 1.08. The van der Waals surface area contributed by atoms with Crippen LogP contribution in [0.1, 0.15) is 39.0 Å². The van der Waals surface area contributed by atoms with Gasteiger partial charge in [0.1, 0.15) is 5.60 Å². The Morgan fingerprint density at radius 2 is 1.76 bits per heavy atom. The molecule has 0 heterocycles. The number of hydrogen-bond donors (Lipinski definition) is 0. The number of rotatable bonds is 4. The van der Waals surface area contributed by atoms with E-state index < -0.39 is 8.07 Å². The lowest BCUT2D eigenvalue weighted by Crippen LogP contribution is -2.43. The Hall–Kier alpha value is -0.573. The minimum atomic E-state index is -1.23. The van der Waals surface area contributed by atoms with Crippen LogP contribution in [0.5, 0.6) is 0 Å². The fraction of sp³-hybridized carbons (Fsp3) is 0.786. The van der Waals surface area contributed by atoms with E-state index in [2.05, 4.69) is 26.2 Å². The van der Waals surface area contributed by atoms with Crippen LogP contribution in [-0.4, -0.2) is 19.6 Å². The second-order valence-corrected chi connectivity index (χ2v) is 12.1. The van der Waals surface area contributed by atoms with Gasteiger partial charge < -0.3 is 4.74 Å². The molecule has 1 rings (SSSR count). The summed E-state index contributed by atoms with van der Waals surface area (Å²) in [6.07, 6.45) is 5.73. The maximum Gasteiger partial charge on any atom is 0.333 e. The SMILES string of the molecule is C=C(C)C(=O)OC1(C[Si](C)(C)C)CCCCC1. The third-order valence-corrected chi connectivity index (χ3v) is 4.98. The zero-order valence-corrected chi connectivity index (χ0v) is 12.8. The highest BCUT2D eigenvalue weighted by atomic mass is 28.3. The molecule has 2 nitrogen and oxygen atoms in total. The molecule has 0 N–H and O–H groups in total. The van der Waals surface area contributed by atoms with E-state index in [4.69, 9.17) is 4.74 Å². The Morgan fingerprint density at radius 1 is 1.24 bits per heavy atom. The summed E-state index contributed by atoms with van der Waals surface area (Å²) in [5.74, 6) is -0.204. The molecule has 0 bridgehead atoms.